The van der Waals surface area contributed by atoms with Crippen molar-refractivity contribution in [3.8, 4) is 11.5 Å². The van der Waals surface area contributed by atoms with Gasteiger partial charge in [-0.15, -0.1) is 0 Å². The largest absolute Gasteiger partial charge is 0.495 e. The van der Waals surface area contributed by atoms with E-state index in [9.17, 15) is 19.2 Å². The first-order valence-electron chi connectivity index (χ1n) is 13.0. The fraction of sp³-hybridized carbons (Fsp3) is 0.241. The van der Waals surface area contributed by atoms with Crippen molar-refractivity contribution < 1.29 is 19.1 Å². The number of aromatic amines is 2. The van der Waals surface area contributed by atoms with Gasteiger partial charge in [-0.05, 0) is 55.7 Å². The van der Waals surface area contributed by atoms with Gasteiger partial charge in [0.2, 0.25) is 11.8 Å². The Hall–Kier alpha value is -4.56. The molecule has 0 saturated carbocycles. The number of nitrogens with zero attached hydrogens (tertiary/aromatic N) is 2. The lowest BCUT2D eigenvalue weighted by atomic mass is 10.0. The maximum Gasteiger partial charge on any atom is 0.251 e. The van der Waals surface area contributed by atoms with Crippen LogP contribution in [-0.2, 0) is 16.0 Å². The predicted molar refractivity (Wildman–Crippen MR) is 167 cm³/mol. The molecule has 2 heterocycles. The number of carbonyl (C=O) groups is 2. The summed E-state index contributed by atoms with van der Waals surface area (Å²) in [7, 11) is 3.05. The number of amides is 2. The van der Waals surface area contributed by atoms with Crippen molar-refractivity contribution in [1.82, 2.24) is 19.9 Å². The first-order chi connectivity index (χ1) is 20.6. The van der Waals surface area contributed by atoms with Crippen LogP contribution >= 0.6 is 23.5 Å². The van der Waals surface area contributed by atoms with E-state index < -0.39 is 0 Å². The van der Waals surface area contributed by atoms with Crippen LogP contribution in [-0.4, -0.2) is 57.5 Å². The third-order valence-electron chi connectivity index (χ3n) is 5.86. The van der Waals surface area contributed by atoms with Crippen LogP contribution in [0, 0.1) is 13.8 Å². The van der Waals surface area contributed by atoms with Crippen LogP contribution in [0.2, 0.25) is 0 Å². The third kappa shape index (κ3) is 9.21. The minimum Gasteiger partial charge on any atom is -0.495 e. The first kappa shape index (κ1) is 31.4. The second kappa shape index (κ2) is 14.6. The van der Waals surface area contributed by atoms with Gasteiger partial charge in [0, 0.05) is 23.5 Å². The number of aryl methyl sites for hydroxylation is 2. The molecule has 12 nitrogen and oxygen atoms in total. The van der Waals surface area contributed by atoms with Crippen molar-refractivity contribution in [2.75, 3.05) is 36.4 Å². The molecule has 0 saturated heterocycles. The van der Waals surface area contributed by atoms with Gasteiger partial charge in [-0.2, -0.15) is 0 Å². The lowest BCUT2D eigenvalue weighted by Crippen LogP contribution is -2.16. The van der Waals surface area contributed by atoms with Crippen LogP contribution in [0.4, 0.5) is 11.4 Å². The fourth-order valence-electron chi connectivity index (χ4n) is 4.01. The molecule has 43 heavy (non-hydrogen) atoms. The molecule has 2 aromatic heterocycles. The Morgan fingerprint density at radius 3 is 1.51 bits per heavy atom. The maximum absolute atomic E-state index is 12.5. The monoisotopic (exact) mass is 622 g/mol. The van der Waals surface area contributed by atoms with Gasteiger partial charge < -0.3 is 30.1 Å². The standard InChI is InChI=1S/C29H30N6O6S2/c1-16-9-24(36)34-28(30-16)42-14-26(38)32-20-7-5-18(12-22(20)40-3)11-19-6-8-21(23(13-19)41-4)33-27(39)15-43-29-31-17(2)10-25(37)35-29/h5-10,12-13H,11,14-15H2,1-4H3,(H,32,38)(H,33,39)(H,30,34,36)(H,31,35,37). The van der Waals surface area contributed by atoms with Gasteiger partial charge in [0.05, 0.1) is 37.1 Å². The number of nitrogens with one attached hydrogen (secondary N) is 4. The summed E-state index contributed by atoms with van der Waals surface area (Å²) in [5.74, 6) is 0.558. The second-order valence-corrected chi connectivity index (χ2v) is 11.2. The molecule has 2 amide bonds. The van der Waals surface area contributed by atoms with E-state index in [1.54, 1.807) is 26.0 Å². The van der Waals surface area contributed by atoms with Gasteiger partial charge in [0.15, 0.2) is 10.3 Å². The molecule has 4 N–H and O–H groups in total. The summed E-state index contributed by atoms with van der Waals surface area (Å²) in [6, 6.07) is 13.7. The zero-order valence-corrected chi connectivity index (χ0v) is 25.5. The highest BCUT2D eigenvalue weighted by Crippen LogP contribution is 2.30. The third-order valence-corrected chi connectivity index (χ3v) is 7.61. The van der Waals surface area contributed by atoms with Crippen molar-refractivity contribution in [2.24, 2.45) is 0 Å². The molecule has 2 aromatic carbocycles. The normalized spacial score (nSPS) is 10.7. The predicted octanol–water partition coefficient (Wildman–Crippen LogP) is 3.54. The number of methoxy groups -OCH3 is 2. The summed E-state index contributed by atoms with van der Waals surface area (Å²) in [6.45, 7) is 3.43. The second-order valence-electron chi connectivity index (χ2n) is 9.30. The molecule has 0 bridgehead atoms. The van der Waals surface area contributed by atoms with Crippen molar-refractivity contribution in [1.29, 1.82) is 0 Å². The average molecular weight is 623 g/mol. The molecule has 0 aliphatic rings. The average Bonchev–Trinajstić information content (AvgIpc) is 2.95. The molecule has 0 atom stereocenters. The summed E-state index contributed by atoms with van der Waals surface area (Å²) >= 11 is 2.26. The van der Waals surface area contributed by atoms with Crippen LogP contribution in [0.15, 0.2) is 68.4 Å². The smallest absolute Gasteiger partial charge is 0.251 e. The molecule has 0 aliphatic carbocycles. The minimum atomic E-state index is -0.274. The van der Waals surface area contributed by atoms with Gasteiger partial charge in [-0.25, -0.2) is 9.97 Å². The van der Waals surface area contributed by atoms with E-state index in [2.05, 4.69) is 30.6 Å². The Morgan fingerprint density at radius 2 is 1.14 bits per heavy atom. The Morgan fingerprint density at radius 1 is 0.721 bits per heavy atom. The number of aromatic nitrogens is 4. The number of hydrogen-bond acceptors (Lipinski definition) is 10. The molecule has 0 aliphatic heterocycles. The number of rotatable bonds is 12. The number of benzene rings is 2. The van der Waals surface area contributed by atoms with E-state index in [1.165, 1.54) is 26.4 Å². The summed E-state index contributed by atoms with van der Waals surface area (Å²) in [4.78, 5) is 62.0. The highest BCUT2D eigenvalue weighted by Gasteiger charge is 2.13. The van der Waals surface area contributed by atoms with Gasteiger partial charge >= 0.3 is 0 Å². The molecule has 0 unspecified atom stereocenters. The zero-order valence-electron chi connectivity index (χ0n) is 23.9. The van der Waals surface area contributed by atoms with Crippen molar-refractivity contribution in [3.05, 3.63) is 91.8 Å². The van der Waals surface area contributed by atoms with E-state index >= 15 is 0 Å². The Balaban J connectivity index is 1.36. The highest BCUT2D eigenvalue weighted by molar-refractivity contribution is 8.00. The van der Waals surface area contributed by atoms with Crippen LogP contribution in [0.1, 0.15) is 22.5 Å². The Labute approximate surface area is 255 Å². The van der Waals surface area contributed by atoms with Gasteiger partial charge in [0.25, 0.3) is 11.1 Å². The van der Waals surface area contributed by atoms with Crippen LogP contribution < -0.4 is 31.2 Å². The molecule has 0 radical (unpaired) electrons. The van der Waals surface area contributed by atoms with Crippen molar-refractivity contribution >= 4 is 46.7 Å². The highest BCUT2D eigenvalue weighted by atomic mass is 32.2. The fourth-order valence-corrected chi connectivity index (χ4v) is 5.46. The number of hydrogen-bond donors (Lipinski definition) is 4. The Kier molecular flexibility index (Phi) is 10.6. The summed E-state index contributed by atoms with van der Waals surface area (Å²) in [5, 5.41) is 6.42. The van der Waals surface area contributed by atoms with E-state index in [4.69, 9.17) is 9.47 Å². The minimum absolute atomic E-state index is 0.0565. The number of H-pyrrole nitrogens is 2. The molecule has 4 rings (SSSR count). The molecule has 14 heteroatoms. The van der Waals surface area contributed by atoms with E-state index in [0.29, 0.717) is 51.0 Å². The summed E-state index contributed by atoms with van der Waals surface area (Å²) in [5.41, 5.74) is 3.51. The van der Waals surface area contributed by atoms with E-state index in [-0.39, 0.29) is 34.4 Å². The quantitative estimate of drug-likeness (QED) is 0.135. The van der Waals surface area contributed by atoms with Gasteiger partial charge in [-0.1, -0.05) is 35.7 Å². The number of carbonyl (C=O) groups excluding carboxylic acids is 2. The molecular weight excluding hydrogens is 592 g/mol. The maximum atomic E-state index is 12.5. The number of anilines is 2. The number of thioether (sulfide) groups is 2. The lowest BCUT2D eigenvalue weighted by molar-refractivity contribution is -0.114. The van der Waals surface area contributed by atoms with Crippen molar-refractivity contribution in [3.63, 3.8) is 0 Å². The lowest BCUT2D eigenvalue weighted by Gasteiger charge is -2.14. The topological polar surface area (TPSA) is 168 Å². The van der Waals surface area contributed by atoms with E-state index in [0.717, 1.165) is 34.7 Å². The molecule has 0 fully saturated rings. The Bertz CT molecular complexity index is 1630. The van der Waals surface area contributed by atoms with Crippen LogP contribution in [0.3, 0.4) is 0 Å². The van der Waals surface area contributed by atoms with Gasteiger partial charge in [-0.3, -0.25) is 19.2 Å². The molecular formula is C29H30N6O6S2. The SMILES string of the molecule is COc1cc(Cc2ccc(NC(=O)CSc3nc(C)cc(=O)[nH]3)c(OC)c2)ccc1NC(=O)CSc1nc(C)cc(=O)[nH]1. The van der Waals surface area contributed by atoms with Crippen LogP contribution in [0.5, 0.6) is 11.5 Å². The molecule has 4 aromatic rings. The number of ether oxygens (including phenoxy) is 2. The summed E-state index contributed by atoms with van der Waals surface area (Å²) < 4.78 is 11.0. The molecule has 0 spiro atoms. The van der Waals surface area contributed by atoms with Gasteiger partial charge in [0.1, 0.15) is 11.5 Å². The zero-order chi connectivity index (χ0) is 30.9. The van der Waals surface area contributed by atoms with Crippen molar-refractivity contribution in [2.45, 2.75) is 30.6 Å². The van der Waals surface area contributed by atoms with Crippen LogP contribution in [0.25, 0.3) is 0 Å². The first-order valence-corrected chi connectivity index (χ1v) is 14.9. The summed E-state index contributed by atoms with van der Waals surface area (Å²) in [6.07, 6.45) is 0.541. The molecule has 224 valence electrons. The van der Waals surface area contributed by atoms with E-state index in [1.807, 2.05) is 24.3 Å².